The van der Waals surface area contributed by atoms with Crippen molar-refractivity contribution >= 4 is 22.6 Å². The topological polar surface area (TPSA) is 36.3 Å². The van der Waals surface area contributed by atoms with Crippen LogP contribution < -0.4 is 4.74 Å². The molecule has 0 aliphatic carbocycles. The highest BCUT2D eigenvalue weighted by Crippen LogP contribution is 2.29. The van der Waals surface area contributed by atoms with Gasteiger partial charge in [-0.05, 0) is 26.0 Å². The SMILES string of the molecule is COCC(C)(C)n1c(CCl)nc2ccc(OC)cc21. The van der Waals surface area contributed by atoms with Crippen LogP contribution in [-0.2, 0) is 16.2 Å². The molecule has 5 heteroatoms. The Bertz CT molecular complexity index is 578. The Morgan fingerprint density at radius 3 is 2.63 bits per heavy atom. The normalized spacial score (nSPS) is 12.1. The first-order valence-electron chi connectivity index (χ1n) is 6.14. The lowest BCUT2D eigenvalue weighted by Gasteiger charge is -2.28. The van der Waals surface area contributed by atoms with Gasteiger partial charge in [-0.15, -0.1) is 11.6 Å². The van der Waals surface area contributed by atoms with Crippen LogP contribution in [0.25, 0.3) is 11.0 Å². The zero-order valence-corrected chi connectivity index (χ0v) is 12.5. The number of hydrogen-bond donors (Lipinski definition) is 0. The second-order valence-corrected chi connectivity index (χ2v) is 5.36. The lowest BCUT2D eigenvalue weighted by Crippen LogP contribution is -2.32. The Kier molecular flexibility index (Phi) is 4.02. The predicted molar refractivity (Wildman–Crippen MR) is 77.0 cm³/mol. The van der Waals surface area contributed by atoms with Crippen molar-refractivity contribution in [3.8, 4) is 5.75 Å². The number of halogens is 1. The molecule has 104 valence electrons. The van der Waals surface area contributed by atoms with Gasteiger partial charge in [-0.25, -0.2) is 4.98 Å². The Morgan fingerprint density at radius 2 is 2.05 bits per heavy atom. The molecule has 1 aromatic heterocycles. The molecule has 4 nitrogen and oxygen atoms in total. The first-order chi connectivity index (χ1) is 9.03. The zero-order valence-electron chi connectivity index (χ0n) is 11.7. The smallest absolute Gasteiger partial charge is 0.125 e. The molecule has 0 aliphatic heterocycles. The third-order valence-electron chi connectivity index (χ3n) is 3.15. The second kappa shape index (κ2) is 5.39. The van der Waals surface area contributed by atoms with E-state index >= 15 is 0 Å². The van der Waals surface area contributed by atoms with Gasteiger partial charge in [0.05, 0.1) is 36.2 Å². The summed E-state index contributed by atoms with van der Waals surface area (Å²) in [6.07, 6.45) is 0. The minimum Gasteiger partial charge on any atom is -0.497 e. The van der Waals surface area contributed by atoms with E-state index in [1.165, 1.54) is 0 Å². The van der Waals surface area contributed by atoms with Gasteiger partial charge in [0, 0.05) is 13.2 Å². The zero-order chi connectivity index (χ0) is 14.0. The molecule has 2 aromatic rings. The molecular formula is C14H19ClN2O2. The molecule has 0 saturated heterocycles. The Morgan fingerprint density at radius 1 is 1.32 bits per heavy atom. The monoisotopic (exact) mass is 282 g/mol. The molecule has 0 atom stereocenters. The predicted octanol–water partition coefficient (Wildman–Crippen LogP) is 3.17. The van der Waals surface area contributed by atoms with Crippen LogP contribution in [0.5, 0.6) is 5.75 Å². The maximum absolute atomic E-state index is 6.03. The van der Waals surface area contributed by atoms with E-state index in [-0.39, 0.29) is 5.54 Å². The van der Waals surface area contributed by atoms with Crippen molar-refractivity contribution in [2.75, 3.05) is 20.8 Å². The molecule has 0 N–H and O–H groups in total. The Labute approximate surface area is 118 Å². The number of fused-ring (bicyclic) bond motifs is 1. The fourth-order valence-electron chi connectivity index (χ4n) is 2.41. The third-order valence-corrected chi connectivity index (χ3v) is 3.39. The number of rotatable bonds is 5. The molecule has 1 aromatic carbocycles. The van der Waals surface area contributed by atoms with Gasteiger partial charge < -0.3 is 14.0 Å². The number of aromatic nitrogens is 2. The molecule has 0 unspecified atom stereocenters. The molecule has 0 amide bonds. The summed E-state index contributed by atoms with van der Waals surface area (Å²) in [7, 11) is 3.35. The summed E-state index contributed by atoms with van der Waals surface area (Å²) in [5, 5.41) is 0. The summed E-state index contributed by atoms with van der Waals surface area (Å²) in [4.78, 5) is 4.58. The summed E-state index contributed by atoms with van der Waals surface area (Å²) in [5.74, 6) is 2.01. The summed E-state index contributed by atoms with van der Waals surface area (Å²) >= 11 is 6.03. The fraction of sp³-hybridized carbons (Fsp3) is 0.500. The minimum atomic E-state index is -0.222. The summed E-state index contributed by atoms with van der Waals surface area (Å²) < 4.78 is 12.7. The standard InChI is InChI=1S/C14H19ClN2O2/c1-14(2,9-18-3)17-12-7-10(19-4)5-6-11(12)16-13(17)8-15/h5-7H,8-9H2,1-4H3. The van der Waals surface area contributed by atoms with Crippen molar-refractivity contribution in [3.05, 3.63) is 24.0 Å². The minimum absolute atomic E-state index is 0.222. The summed E-state index contributed by atoms with van der Waals surface area (Å²) in [5.41, 5.74) is 1.71. The van der Waals surface area contributed by atoms with Crippen LogP contribution >= 0.6 is 11.6 Å². The first-order valence-corrected chi connectivity index (χ1v) is 6.67. The molecule has 0 saturated carbocycles. The molecule has 19 heavy (non-hydrogen) atoms. The highest BCUT2D eigenvalue weighted by molar-refractivity contribution is 6.16. The van der Waals surface area contributed by atoms with Crippen molar-refractivity contribution < 1.29 is 9.47 Å². The van der Waals surface area contributed by atoms with Crippen molar-refractivity contribution in [2.24, 2.45) is 0 Å². The van der Waals surface area contributed by atoms with E-state index in [9.17, 15) is 0 Å². The van der Waals surface area contributed by atoms with Crippen LogP contribution in [0.4, 0.5) is 0 Å². The van der Waals surface area contributed by atoms with Crippen molar-refractivity contribution in [1.29, 1.82) is 0 Å². The molecule has 1 heterocycles. The highest BCUT2D eigenvalue weighted by Gasteiger charge is 2.26. The fourth-order valence-corrected chi connectivity index (χ4v) is 2.59. The third kappa shape index (κ3) is 2.55. The summed E-state index contributed by atoms with van der Waals surface area (Å²) in [6, 6.07) is 5.83. The van der Waals surface area contributed by atoms with Gasteiger partial charge in [0.25, 0.3) is 0 Å². The average Bonchev–Trinajstić information content (AvgIpc) is 2.76. The molecule has 2 rings (SSSR count). The van der Waals surface area contributed by atoms with Gasteiger partial charge in [-0.3, -0.25) is 0 Å². The van der Waals surface area contributed by atoms with E-state index in [0.29, 0.717) is 12.5 Å². The number of benzene rings is 1. The van der Waals surface area contributed by atoms with Crippen LogP contribution in [0.3, 0.4) is 0 Å². The van der Waals surface area contributed by atoms with Crippen molar-refractivity contribution in [3.63, 3.8) is 0 Å². The van der Waals surface area contributed by atoms with Crippen LogP contribution in [0, 0.1) is 0 Å². The Hall–Kier alpha value is -1.26. The first kappa shape index (κ1) is 14.2. The van der Waals surface area contributed by atoms with Gasteiger partial charge in [-0.2, -0.15) is 0 Å². The lowest BCUT2D eigenvalue weighted by atomic mass is 10.1. The highest BCUT2D eigenvalue weighted by atomic mass is 35.5. The number of imidazole rings is 1. The van der Waals surface area contributed by atoms with Crippen LogP contribution in [-0.4, -0.2) is 30.4 Å². The average molecular weight is 283 g/mol. The molecule has 0 bridgehead atoms. The van der Waals surface area contributed by atoms with Gasteiger partial charge >= 0.3 is 0 Å². The van der Waals surface area contributed by atoms with Gasteiger partial charge in [-0.1, -0.05) is 0 Å². The quantitative estimate of drug-likeness (QED) is 0.791. The van der Waals surface area contributed by atoms with E-state index in [0.717, 1.165) is 22.6 Å². The van der Waals surface area contributed by atoms with Crippen LogP contribution in [0.2, 0.25) is 0 Å². The van der Waals surface area contributed by atoms with E-state index in [4.69, 9.17) is 21.1 Å². The summed E-state index contributed by atoms with van der Waals surface area (Å²) in [6.45, 7) is 4.79. The number of methoxy groups -OCH3 is 2. The van der Waals surface area contributed by atoms with Crippen molar-refractivity contribution in [2.45, 2.75) is 25.3 Å². The largest absolute Gasteiger partial charge is 0.497 e. The maximum atomic E-state index is 6.03. The molecular weight excluding hydrogens is 264 g/mol. The van der Waals surface area contributed by atoms with E-state index in [1.807, 2.05) is 18.2 Å². The van der Waals surface area contributed by atoms with E-state index < -0.39 is 0 Å². The van der Waals surface area contributed by atoms with Gasteiger partial charge in [0.2, 0.25) is 0 Å². The number of hydrogen-bond acceptors (Lipinski definition) is 3. The molecule has 0 spiro atoms. The number of alkyl halides is 1. The van der Waals surface area contributed by atoms with Crippen molar-refractivity contribution in [1.82, 2.24) is 9.55 Å². The second-order valence-electron chi connectivity index (χ2n) is 5.10. The molecule has 0 aliphatic rings. The molecule has 0 fully saturated rings. The maximum Gasteiger partial charge on any atom is 0.125 e. The van der Waals surface area contributed by atoms with Gasteiger partial charge in [0.1, 0.15) is 11.6 Å². The number of nitrogens with zero attached hydrogens (tertiary/aromatic N) is 2. The van der Waals surface area contributed by atoms with E-state index in [2.05, 4.69) is 23.4 Å². The number of ether oxygens (including phenoxy) is 2. The lowest BCUT2D eigenvalue weighted by molar-refractivity contribution is 0.110. The molecule has 0 radical (unpaired) electrons. The van der Waals surface area contributed by atoms with Crippen LogP contribution in [0.1, 0.15) is 19.7 Å². The van der Waals surface area contributed by atoms with E-state index in [1.54, 1.807) is 14.2 Å². The van der Waals surface area contributed by atoms with Crippen LogP contribution in [0.15, 0.2) is 18.2 Å². The van der Waals surface area contributed by atoms with Gasteiger partial charge in [0.15, 0.2) is 0 Å². The Balaban J connectivity index is 2.67.